The second-order valence-corrected chi connectivity index (χ2v) is 6.32. The summed E-state index contributed by atoms with van der Waals surface area (Å²) >= 11 is 0. The molecule has 0 saturated carbocycles. The van der Waals surface area contributed by atoms with E-state index in [1.54, 1.807) is 18.7 Å². The number of nitrogens with zero attached hydrogens (tertiary/aromatic N) is 1. The average Bonchev–Trinajstić information content (AvgIpc) is 2.52. The molecule has 0 radical (unpaired) electrons. The van der Waals surface area contributed by atoms with E-state index in [2.05, 4.69) is 6.92 Å². The van der Waals surface area contributed by atoms with Crippen molar-refractivity contribution >= 4 is 11.9 Å². The van der Waals surface area contributed by atoms with Gasteiger partial charge in [-0.25, -0.2) is 4.79 Å². The zero-order valence-corrected chi connectivity index (χ0v) is 15.7. The molecule has 4 nitrogen and oxygen atoms in total. The SMILES string of the molecule is CCCCCCCCCCCCN(C(C)=O)[C@@H](C)C(=O)OCC. The van der Waals surface area contributed by atoms with Crippen LogP contribution in [0.4, 0.5) is 0 Å². The van der Waals surface area contributed by atoms with Gasteiger partial charge in [0.2, 0.25) is 5.91 Å². The minimum absolute atomic E-state index is 0.0542. The van der Waals surface area contributed by atoms with Gasteiger partial charge >= 0.3 is 5.97 Å². The summed E-state index contributed by atoms with van der Waals surface area (Å²) in [6, 6.07) is -0.481. The van der Waals surface area contributed by atoms with Crippen LogP contribution >= 0.6 is 0 Å². The Kier molecular flexibility index (Phi) is 13.9. The van der Waals surface area contributed by atoms with Crippen LogP contribution in [0.1, 0.15) is 91.9 Å². The molecular formula is C19H37NO3. The van der Waals surface area contributed by atoms with E-state index in [1.165, 1.54) is 58.3 Å². The van der Waals surface area contributed by atoms with Crippen LogP contribution in [0.2, 0.25) is 0 Å². The number of unbranched alkanes of at least 4 members (excludes halogenated alkanes) is 9. The summed E-state index contributed by atoms with van der Waals surface area (Å²) in [4.78, 5) is 25.1. The normalized spacial score (nSPS) is 12.0. The van der Waals surface area contributed by atoms with Gasteiger partial charge in [0.15, 0.2) is 0 Å². The third-order valence-corrected chi connectivity index (χ3v) is 4.25. The number of esters is 1. The summed E-state index contributed by atoms with van der Waals surface area (Å²) in [5.74, 6) is -0.365. The largest absolute Gasteiger partial charge is 0.464 e. The molecule has 0 aromatic carbocycles. The van der Waals surface area contributed by atoms with Crippen molar-refractivity contribution in [3.8, 4) is 0 Å². The first-order valence-corrected chi connectivity index (χ1v) is 9.48. The number of hydrogen-bond acceptors (Lipinski definition) is 3. The Balaban J connectivity index is 3.77. The molecule has 0 heterocycles. The topological polar surface area (TPSA) is 46.6 Å². The van der Waals surface area contributed by atoms with E-state index in [4.69, 9.17) is 4.74 Å². The summed E-state index contributed by atoms with van der Waals surface area (Å²) < 4.78 is 5.00. The van der Waals surface area contributed by atoms with Crippen molar-refractivity contribution in [2.45, 2.75) is 97.9 Å². The molecule has 0 spiro atoms. The van der Waals surface area contributed by atoms with Gasteiger partial charge in [-0.15, -0.1) is 0 Å². The number of carbonyl (C=O) groups excluding carboxylic acids is 2. The summed E-state index contributed by atoms with van der Waals surface area (Å²) in [5.41, 5.74) is 0. The fourth-order valence-corrected chi connectivity index (χ4v) is 2.78. The maximum Gasteiger partial charge on any atom is 0.328 e. The smallest absolute Gasteiger partial charge is 0.328 e. The molecule has 23 heavy (non-hydrogen) atoms. The first kappa shape index (κ1) is 21.9. The minimum atomic E-state index is -0.481. The van der Waals surface area contributed by atoms with Crippen LogP contribution in [0.25, 0.3) is 0 Å². The summed E-state index contributed by atoms with van der Waals surface area (Å²) in [6.45, 7) is 8.29. The van der Waals surface area contributed by atoms with Gasteiger partial charge in [0, 0.05) is 13.5 Å². The Morgan fingerprint density at radius 2 is 1.35 bits per heavy atom. The highest BCUT2D eigenvalue weighted by atomic mass is 16.5. The van der Waals surface area contributed by atoms with E-state index in [0.717, 1.165) is 12.8 Å². The Bertz CT molecular complexity index is 318. The van der Waals surface area contributed by atoms with Gasteiger partial charge in [0.25, 0.3) is 0 Å². The van der Waals surface area contributed by atoms with E-state index in [-0.39, 0.29) is 11.9 Å². The number of ether oxygens (including phenoxy) is 1. The molecule has 0 rings (SSSR count). The lowest BCUT2D eigenvalue weighted by atomic mass is 10.1. The zero-order valence-electron chi connectivity index (χ0n) is 15.7. The van der Waals surface area contributed by atoms with Gasteiger partial charge in [-0.05, 0) is 20.3 Å². The van der Waals surface area contributed by atoms with Crippen LogP contribution in [0.15, 0.2) is 0 Å². The van der Waals surface area contributed by atoms with Gasteiger partial charge in [-0.2, -0.15) is 0 Å². The highest BCUT2D eigenvalue weighted by Crippen LogP contribution is 2.12. The van der Waals surface area contributed by atoms with Crippen molar-refractivity contribution in [3.63, 3.8) is 0 Å². The van der Waals surface area contributed by atoms with Crippen molar-refractivity contribution in [2.75, 3.05) is 13.2 Å². The Labute approximate surface area is 143 Å². The highest BCUT2D eigenvalue weighted by molar-refractivity contribution is 5.82. The highest BCUT2D eigenvalue weighted by Gasteiger charge is 2.23. The van der Waals surface area contributed by atoms with Gasteiger partial charge in [0.1, 0.15) is 6.04 Å². The maximum atomic E-state index is 11.8. The van der Waals surface area contributed by atoms with E-state index < -0.39 is 6.04 Å². The molecule has 0 unspecified atom stereocenters. The maximum absolute atomic E-state index is 11.8. The molecule has 0 aliphatic carbocycles. The van der Waals surface area contributed by atoms with E-state index >= 15 is 0 Å². The van der Waals surface area contributed by atoms with Crippen molar-refractivity contribution in [2.24, 2.45) is 0 Å². The third-order valence-electron chi connectivity index (χ3n) is 4.25. The second kappa shape index (κ2) is 14.5. The lowest BCUT2D eigenvalue weighted by Gasteiger charge is -2.26. The number of rotatable bonds is 14. The van der Waals surface area contributed by atoms with Crippen molar-refractivity contribution in [1.82, 2.24) is 4.90 Å². The van der Waals surface area contributed by atoms with Crippen molar-refractivity contribution < 1.29 is 14.3 Å². The lowest BCUT2D eigenvalue weighted by Crippen LogP contribution is -2.43. The summed E-state index contributed by atoms with van der Waals surface area (Å²) in [6.07, 6.45) is 12.6. The Hall–Kier alpha value is -1.06. The molecule has 0 fully saturated rings. The summed E-state index contributed by atoms with van der Waals surface area (Å²) in [7, 11) is 0. The number of amides is 1. The van der Waals surface area contributed by atoms with Crippen molar-refractivity contribution in [3.05, 3.63) is 0 Å². The predicted molar refractivity (Wildman–Crippen MR) is 95.3 cm³/mol. The number of carbonyl (C=O) groups is 2. The second-order valence-electron chi connectivity index (χ2n) is 6.32. The van der Waals surface area contributed by atoms with Gasteiger partial charge in [-0.3, -0.25) is 4.79 Å². The van der Waals surface area contributed by atoms with Gasteiger partial charge in [-0.1, -0.05) is 64.7 Å². The van der Waals surface area contributed by atoms with E-state index in [9.17, 15) is 9.59 Å². The molecule has 0 aromatic heterocycles. The standard InChI is InChI=1S/C19H37NO3/c1-5-7-8-9-10-11-12-13-14-15-16-20(18(4)21)17(3)19(22)23-6-2/h17H,5-16H2,1-4H3/t17-/m0/s1. The molecule has 136 valence electrons. The third kappa shape index (κ3) is 11.2. The molecule has 0 aliphatic rings. The van der Waals surface area contributed by atoms with Crippen LogP contribution in [0.5, 0.6) is 0 Å². The molecule has 0 N–H and O–H groups in total. The molecular weight excluding hydrogens is 290 g/mol. The average molecular weight is 328 g/mol. The fraction of sp³-hybridized carbons (Fsp3) is 0.895. The predicted octanol–water partition coefficient (Wildman–Crippen LogP) is 4.71. The minimum Gasteiger partial charge on any atom is -0.464 e. The van der Waals surface area contributed by atoms with E-state index in [1.807, 2.05) is 0 Å². The summed E-state index contributed by atoms with van der Waals surface area (Å²) in [5, 5.41) is 0. The van der Waals surface area contributed by atoms with Crippen LogP contribution in [-0.2, 0) is 14.3 Å². The first-order valence-electron chi connectivity index (χ1n) is 9.48. The molecule has 0 saturated heterocycles. The Morgan fingerprint density at radius 3 is 1.78 bits per heavy atom. The van der Waals surface area contributed by atoms with Crippen LogP contribution in [-0.4, -0.2) is 36.0 Å². The molecule has 0 aromatic rings. The van der Waals surface area contributed by atoms with Gasteiger partial charge < -0.3 is 9.64 Å². The molecule has 0 bridgehead atoms. The van der Waals surface area contributed by atoms with Crippen molar-refractivity contribution in [1.29, 1.82) is 0 Å². The Morgan fingerprint density at radius 1 is 0.870 bits per heavy atom. The quantitative estimate of drug-likeness (QED) is 0.343. The van der Waals surface area contributed by atoms with Crippen LogP contribution < -0.4 is 0 Å². The first-order chi connectivity index (χ1) is 11.0. The van der Waals surface area contributed by atoms with Gasteiger partial charge in [0.05, 0.1) is 6.61 Å². The van der Waals surface area contributed by atoms with Crippen LogP contribution in [0.3, 0.4) is 0 Å². The van der Waals surface area contributed by atoms with Crippen LogP contribution in [0, 0.1) is 0 Å². The fourth-order valence-electron chi connectivity index (χ4n) is 2.78. The number of hydrogen-bond donors (Lipinski definition) is 0. The molecule has 1 atom stereocenters. The molecule has 1 amide bonds. The lowest BCUT2D eigenvalue weighted by molar-refractivity contribution is -0.153. The molecule has 4 heteroatoms. The monoisotopic (exact) mass is 327 g/mol. The zero-order chi connectivity index (χ0) is 17.5. The molecule has 0 aliphatic heterocycles. The van der Waals surface area contributed by atoms with E-state index in [0.29, 0.717) is 13.2 Å².